The Labute approximate surface area is 184 Å². The van der Waals surface area contributed by atoms with Gasteiger partial charge in [0.1, 0.15) is 11.4 Å². The van der Waals surface area contributed by atoms with E-state index in [4.69, 9.17) is 21.4 Å². The van der Waals surface area contributed by atoms with Crippen LogP contribution < -0.4 is 4.74 Å². The van der Waals surface area contributed by atoms with Crippen molar-refractivity contribution in [2.45, 2.75) is 25.8 Å². The normalized spacial score (nSPS) is 15.2. The van der Waals surface area contributed by atoms with Crippen LogP contribution in [0.4, 0.5) is 0 Å². The van der Waals surface area contributed by atoms with E-state index in [1.165, 1.54) is 12.1 Å². The number of aromatic nitrogens is 3. The van der Waals surface area contributed by atoms with Gasteiger partial charge in [-0.05, 0) is 37.6 Å². The van der Waals surface area contributed by atoms with Crippen LogP contribution >= 0.6 is 11.6 Å². The number of hydrogen-bond donors (Lipinski definition) is 2. The molecule has 1 unspecified atom stereocenters. The van der Waals surface area contributed by atoms with Gasteiger partial charge in [-0.1, -0.05) is 35.9 Å². The van der Waals surface area contributed by atoms with Crippen LogP contribution in [0.25, 0.3) is 16.9 Å². The quantitative estimate of drug-likeness (QED) is 0.455. The molecule has 2 N–H and O–H groups in total. The Morgan fingerprint density at radius 1 is 1.00 bits per heavy atom. The number of hydrogen-bond acceptors (Lipinski definition) is 4. The highest BCUT2D eigenvalue weighted by molar-refractivity contribution is 6.30. The van der Waals surface area contributed by atoms with Gasteiger partial charge in [-0.25, -0.2) is 4.68 Å². The fourth-order valence-corrected chi connectivity index (χ4v) is 4.50. The molecule has 2 aromatic heterocycles. The minimum Gasteiger partial charge on any atom is -0.494 e. The van der Waals surface area contributed by atoms with Crippen molar-refractivity contribution in [2.24, 2.45) is 0 Å². The number of para-hydroxylation sites is 2. The molecule has 0 spiro atoms. The molecule has 1 atom stereocenters. The van der Waals surface area contributed by atoms with Gasteiger partial charge in [0.25, 0.3) is 0 Å². The van der Waals surface area contributed by atoms with Gasteiger partial charge in [0.2, 0.25) is 0 Å². The summed E-state index contributed by atoms with van der Waals surface area (Å²) in [5.41, 5.74) is 4.85. The Hall–Kier alpha value is -3.38. The highest BCUT2D eigenvalue weighted by Crippen LogP contribution is 2.42. The number of ether oxygens (including phenoxy) is 1. The molecule has 2 heterocycles. The van der Waals surface area contributed by atoms with E-state index in [0.717, 1.165) is 34.0 Å². The summed E-state index contributed by atoms with van der Waals surface area (Å²) in [4.78, 5) is 0. The van der Waals surface area contributed by atoms with Crippen molar-refractivity contribution < 1.29 is 14.9 Å². The van der Waals surface area contributed by atoms with Crippen molar-refractivity contribution in [1.82, 2.24) is 14.3 Å². The van der Waals surface area contributed by atoms with E-state index in [0.29, 0.717) is 24.5 Å². The van der Waals surface area contributed by atoms with Crippen LogP contribution in [0.15, 0.2) is 60.7 Å². The van der Waals surface area contributed by atoms with Crippen LogP contribution in [0.1, 0.15) is 24.2 Å². The van der Waals surface area contributed by atoms with Crippen molar-refractivity contribution in [3.63, 3.8) is 0 Å². The number of nitrogens with zero attached hydrogens (tertiary/aromatic N) is 3. The second-order valence-corrected chi connectivity index (χ2v) is 8.01. The Balaban J connectivity index is 1.66. The molecule has 1 aliphatic carbocycles. The molecule has 4 aromatic rings. The number of halogens is 1. The minimum absolute atomic E-state index is 0.0512. The molecule has 31 heavy (non-hydrogen) atoms. The third-order valence-corrected chi connectivity index (χ3v) is 5.94. The van der Waals surface area contributed by atoms with Gasteiger partial charge < -0.3 is 14.9 Å². The molecule has 0 saturated carbocycles. The number of benzene rings is 2. The monoisotopic (exact) mass is 435 g/mol. The highest BCUT2D eigenvalue weighted by Gasteiger charge is 2.33. The molecule has 5 rings (SSSR count). The van der Waals surface area contributed by atoms with Crippen molar-refractivity contribution in [1.29, 1.82) is 0 Å². The third kappa shape index (κ3) is 3.33. The zero-order chi connectivity index (χ0) is 21.5. The maximum absolute atomic E-state index is 10.2. The van der Waals surface area contributed by atoms with Crippen LogP contribution in [-0.2, 0) is 12.8 Å². The average molecular weight is 436 g/mol. The zero-order valence-corrected chi connectivity index (χ0v) is 17.8. The molecule has 6 nitrogen and oxygen atoms in total. The number of rotatable bonds is 5. The largest absolute Gasteiger partial charge is 0.494 e. The van der Waals surface area contributed by atoms with Crippen molar-refractivity contribution in [2.75, 3.05) is 6.61 Å². The van der Waals surface area contributed by atoms with Gasteiger partial charge in [-0.2, -0.15) is 5.10 Å². The number of fused-ring (bicyclic) bond motifs is 1. The van der Waals surface area contributed by atoms with Crippen LogP contribution in [0.5, 0.6) is 17.5 Å². The van der Waals surface area contributed by atoms with E-state index in [-0.39, 0.29) is 17.8 Å². The first-order valence-electron chi connectivity index (χ1n) is 10.2. The molecule has 7 heteroatoms. The first-order valence-corrected chi connectivity index (χ1v) is 10.6. The first kappa shape index (κ1) is 19.6. The van der Waals surface area contributed by atoms with Gasteiger partial charge in [0.05, 0.1) is 18.0 Å². The maximum atomic E-state index is 10.2. The molecule has 2 aromatic carbocycles. The lowest BCUT2D eigenvalue weighted by atomic mass is 10.1. The number of aromatic hydroxyl groups is 2. The third-order valence-electron chi connectivity index (χ3n) is 5.69. The molecule has 0 aliphatic heterocycles. The molecular formula is C24H22ClN3O3. The topological polar surface area (TPSA) is 72.4 Å². The van der Waals surface area contributed by atoms with Crippen molar-refractivity contribution in [3.8, 4) is 34.5 Å². The highest BCUT2D eigenvalue weighted by atomic mass is 35.5. The summed E-state index contributed by atoms with van der Waals surface area (Å²) in [5, 5.41) is 26.0. The summed E-state index contributed by atoms with van der Waals surface area (Å²) < 4.78 is 9.36. The van der Waals surface area contributed by atoms with E-state index in [2.05, 4.69) is 0 Å². The van der Waals surface area contributed by atoms with Crippen molar-refractivity contribution in [3.05, 3.63) is 76.9 Å². The first-order chi connectivity index (χ1) is 15.1. The minimum atomic E-state index is -0.102. The van der Waals surface area contributed by atoms with Gasteiger partial charge >= 0.3 is 0 Å². The molecule has 0 amide bonds. The predicted octanol–water partition coefficient (Wildman–Crippen LogP) is 5.14. The summed E-state index contributed by atoms with van der Waals surface area (Å²) >= 11 is 6.14. The molecular weight excluding hydrogens is 414 g/mol. The van der Waals surface area contributed by atoms with E-state index < -0.39 is 0 Å². The maximum Gasteiger partial charge on any atom is 0.194 e. The lowest BCUT2D eigenvalue weighted by Crippen LogP contribution is -2.11. The molecule has 1 aliphatic rings. The summed E-state index contributed by atoms with van der Waals surface area (Å²) in [5.74, 6) is 0.865. The fraction of sp³-hybridized carbons (Fsp3) is 0.208. The molecule has 0 saturated heterocycles. The van der Waals surface area contributed by atoms with Gasteiger partial charge in [0, 0.05) is 40.7 Å². The molecule has 0 bridgehead atoms. The van der Waals surface area contributed by atoms with Gasteiger partial charge in [-0.15, -0.1) is 0 Å². The SMILES string of the molecule is CCOc1ccccc1-n1nc2c(c1-c1ccc(Cl)cc1)CC(n1c(O)ccc1O)C2. The van der Waals surface area contributed by atoms with E-state index >= 15 is 0 Å². The fourth-order valence-electron chi connectivity index (χ4n) is 4.38. The Morgan fingerprint density at radius 3 is 2.42 bits per heavy atom. The molecule has 158 valence electrons. The summed E-state index contributed by atoms with van der Waals surface area (Å²) in [7, 11) is 0. The Bertz CT molecular complexity index is 1220. The summed E-state index contributed by atoms with van der Waals surface area (Å²) in [6.07, 6.45) is 1.25. The van der Waals surface area contributed by atoms with Crippen LogP contribution in [0.3, 0.4) is 0 Å². The van der Waals surface area contributed by atoms with Crippen LogP contribution in [0.2, 0.25) is 5.02 Å². The Kier molecular flexibility index (Phi) is 4.87. The van der Waals surface area contributed by atoms with Crippen LogP contribution in [0, 0.1) is 0 Å². The Morgan fingerprint density at radius 2 is 1.71 bits per heavy atom. The lowest BCUT2D eigenvalue weighted by Gasteiger charge is -2.17. The van der Waals surface area contributed by atoms with E-state index in [1.807, 2.05) is 60.1 Å². The second-order valence-electron chi connectivity index (χ2n) is 7.58. The van der Waals surface area contributed by atoms with E-state index in [1.54, 1.807) is 4.57 Å². The lowest BCUT2D eigenvalue weighted by molar-refractivity contribution is 0.334. The smallest absolute Gasteiger partial charge is 0.194 e. The summed E-state index contributed by atoms with van der Waals surface area (Å²) in [6, 6.07) is 18.5. The van der Waals surface area contributed by atoms with Gasteiger partial charge in [-0.3, -0.25) is 4.57 Å². The standard InChI is InChI=1S/C24H22ClN3O3/c1-2-31-21-6-4-3-5-20(21)28-24(15-7-9-16(25)10-8-15)18-13-17(14-19(18)26-28)27-22(29)11-12-23(27)30/h3-12,17,29-30H,2,13-14H2,1H3. The van der Waals surface area contributed by atoms with Crippen molar-refractivity contribution >= 4 is 11.6 Å². The average Bonchev–Trinajstić information content (AvgIpc) is 3.41. The van der Waals surface area contributed by atoms with Gasteiger partial charge in [0.15, 0.2) is 11.8 Å². The predicted molar refractivity (Wildman–Crippen MR) is 119 cm³/mol. The zero-order valence-electron chi connectivity index (χ0n) is 17.0. The van der Waals surface area contributed by atoms with E-state index in [9.17, 15) is 10.2 Å². The van der Waals surface area contributed by atoms with Crippen LogP contribution in [-0.4, -0.2) is 31.2 Å². The summed E-state index contributed by atoms with van der Waals surface area (Å²) in [6.45, 7) is 2.52. The second kappa shape index (κ2) is 7.71. The molecule has 0 fully saturated rings. The molecule has 0 radical (unpaired) electrons.